The Labute approximate surface area is 176 Å². The summed E-state index contributed by atoms with van der Waals surface area (Å²) in [5.74, 6) is 1.11. The van der Waals surface area contributed by atoms with Crippen LogP contribution in [0.4, 0.5) is 4.79 Å². The van der Waals surface area contributed by atoms with E-state index >= 15 is 0 Å². The molecule has 0 saturated carbocycles. The van der Waals surface area contributed by atoms with Gasteiger partial charge in [-0.2, -0.15) is 0 Å². The average Bonchev–Trinajstić information content (AvgIpc) is 2.97. The Morgan fingerprint density at radius 1 is 1.17 bits per heavy atom. The molecule has 0 radical (unpaired) electrons. The highest BCUT2D eigenvalue weighted by Crippen LogP contribution is 2.31. The predicted molar refractivity (Wildman–Crippen MR) is 114 cm³/mol. The minimum absolute atomic E-state index is 0.180. The summed E-state index contributed by atoms with van der Waals surface area (Å²) in [5, 5.41) is 2.82. The fourth-order valence-corrected chi connectivity index (χ4v) is 3.40. The predicted octanol–water partition coefficient (Wildman–Crippen LogP) is 3.12. The second-order valence-electron chi connectivity index (χ2n) is 7.42. The van der Waals surface area contributed by atoms with Crippen LogP contribution in [-0.2, 0) is 16.9 Å². The first-order valence-electron chi connectivity index (χ1n) is 9.67. The molecule has 1 fully saturated rings. The second-order valence-corrected chi connectivity index (χ2v) is 7.42. The molecule has 1 heterocycles. The Hall–Kier alpha value is -3.32. The monoisotopic (exact) mass is 409 g/mol. The number of hydrogen-bond acceptors (Lipinski definition) is 5. The van der Waals surface area contributed by atoms with E-state index in [0.29, 0.717) is 24.5 Å². The van der Waals surface area contributed by atoms with Crippen molar-refractivity contribution in [1.29, 1.82) is 0 Å². The maximum Gasteiger partial charge on any atom is 0.326 e. The van der Waals surface area contributed by atoms with Gasteiger partial charge < -0.3 is 14.8 Å². The number of nitrogens with one attached hydrogen (secondary N) is 1. The van der Waals surface area contributed by atoms with Gasteiger partial charge in [0.25, 0.3) is 5.91 Å². The molecule has 0 spiro atoms. The minimum Gasteiger partial charge on any atom is -0.497 e. The molecular formula is C23H27N3O4. The standard InChI is InChI=1S/C23H27N3O4/c1-5-13-30-19-11-9-17(10-12-19)15-25(3)16-26-21(27)23(2,24-22(26)28)18-7-6-8-20(14-18)29-4/h5-12,14H,1,13,15-16H2,2-4H3,(H,24,28)/t23-/m1/s1. The number of methoxy groups -OCH3 is 1. The number of urea groups is 1. The molecule has 30 heavy (non-hydrogen) atoms. The zero-order chi connectivity index (χ0) is 21.7. The first-order chi connectivity index (χ1) is 14.4. The highest BCUT2D eigenvalue weighted by molar-refractivity contribution is 6.07. The molecule has 0 bridgehead atoms. The van der Waals surface area contributed by atoms with Gasteiger partial charge in [0, 0.05) is 6.54 Å². The van der Waals surface area contributed by atoms with Crippen LogP contribution in [0.5, 0.6) is 11.5 Å². The number of imide groups is 1. The number of rotatable bonds is 9. The van der Waals surface area contributed by atoms with Crippen molar-refractivity contribution in [3.8, 4) is 11.5 Å². The molecule has 1 atom stereocenters. The van der Waals surface area contributed by atoms with Gasteiger partial charge in [-0.05, 0) is 49.4 Å². The zero-order valence-corrected chi connectivity index (χ0v) is 17.6. The van der Waals surface area contributed by atoms with Crippen molar-refractivity contribution >= 4 is 11.9 Å². The summed E-state index contributed by atoms with van der Waals surface area (Å²) in [5.41, 5.74) is 0.600. The number of carbonyl (C=O) groups excluding carboxylic acids is 2. The van der Waals surface area contributed by atoms with Gasteiger partial charge >= 0.3 is 6.03 Å². The molecule has 1 saturated heterocycles. The van der Waals surface area contributed by atoms with Crippen LogP contribution in [0.2, 0.25) is 0 Å². The van der Waals surface area contributed by atoms with E-state index in [2.05, 4.69) is 11.9 Å². The second kappa shape index (κ2) is 9.00. The van der Waals surface area contributed by atoms with Crippen LogP contribution in [-0.4, -0.2) is 49.2 Å². The van der Waals surface area contributed by atoms with Crippen molar-refractivity contribution in [1.82, 2.24) is 15.1 Å². The molecule has 1 aliphatic rings. The Morgan fingerprint density at radius 2 is 1.90 bits per heavy atom. The molecule has 2 aromatic carbocycles. The molecule has 1 aliphatic heterocycles. The van der Waals surface area contributed by atoms with Crippen LogP contribution in [0.1, 0.15) is 18.1 Å². The van der Waals surface area contributed by atoms with Gasteiger partial charge in [0.05, 0.1) is 13.8 Å². The number of hydrogen-bond donors (Lipinski definition) is 1. The van der Waals surface area contributed by atoms with Crippen LogP contribution < -0.4 is 14.8 Å². The number of nitrogens with zero attached hydrogens (tertiary/aromatic N) is 2. The molecule has 158 valence electrons. The van der Waals surface area contributed by atoms with Gasteiger partial charge in [-0.1, -0.05) is 36.9 Å². The summed E-state index contributed by atoms with van der Waals surface area (Å²) in [6, 6.07) is 14.5. The topological polar surface area (TPSA) is 71.1 Å². The number of ether oxygens (including phenoxy) is 2. The third-order valence-electron chi connectivity index (χ3n) is 5.05. The van der Waals surface area contributed by atoms with Crippen LogP contribution in [0, 0.1) is 0 Å². The minimum atomic E-state index is -1.13. The third kappa shape index (κ3) is 4.46. The maximum absolute atomic E-state index is 13.1. The number of benzene rings is 2. The summed E-state index contributed by atoms with van der Waals surface area (Å²) in [4.78, 5) is 28.8. The van der Waals surface area contributed by atoms with E-state index in [1.807, 2.05) is 42.3 Å². The van der Waals surface area contributed by atoms with Crippen molar-refractivity contribution in [3.63, 3.8) is 0 Å². The molecule has 3 rings (SSSR count). The highest BCUT2D eigenvalue weighted by Gasteiger charge is 2.49. The van der Waals surface area contributed by atoms with Gasteiger partial charge in [-0.15, -0.1) is 0 Å². The van der Waals surface area contributed by atoms with E-state index in [-0.39, 0.29) is 12.6 Å². The van der Waals surface area contributed by atoms with Crippen molar-refractivity contribution in [3.05, 3.63) is 72.3 Å². The van der Waals surface area contributed by atoms with Crippen molar-refractivity contribution < 1.29 is 19.1 Å². The van der Waals surface area contributed by atoms with E-state index in [0.717, 1.165) is 11.3 Å². The van der Waals surface area contributed by atoms with E-state index in [1.165, 1.54) is 4.90 Å². The lowest BCUT2D eigenvalue weighted by Gasteiger charge is -2.25. The normalized spacial score (nSPS) is 18.5. The summed E-state index contributed by atoms with van der Waals surface area (Å²) in [6.45, 7) is 6.55. The molecule has 3 amide bonds. The summed E-state index contributed by atoms with van der Waals surface area (Å²) in [6.07, 6.45) is 1.69. The Bertz CT molecular complexity index is 928. The fourth-order valence-electron chi connectivity index (χ4n) is 3.40. The van der Waals surface area contributed by atoms with Crippen molar-refractivity contribution in [2.75, 3.05) is 27.4 Å². The third-order valence-corrected chi connectivity index (χ3v) is 5.05. The molecule has 2 aromatic rings. The molecule has 0 aliphatic carbocycles. The Kier molecular flexibility index (Phi) is 6.42. The highest BCUT2D eigenvalue weighted by atomic mass is 16.5. The lowest BCUT2D eigenvalue weighted by atomic mass is 9.92. The Morgan fingerprint density at radius 3 is 2.57 bits per heavy atom. The van der Waals surface area contributed by atoms with Gasteiger partial charge in [0.15, 0.2) is 0 Å². The lowest BCUT2D eigenvalue weighted by Crippen LogP contribution is -2.42. The van der Waals surface area contributed by atoms with Gasteiger partial charge in [0.1, 0.15) is 23.6 Å². The Balaban J connectivity index is 1.66. The lowest BCUT2D eigenvalue weighted by molar-refractivity contribution is -0.132. The smallest absolute Gasteiger partial charge is 0.326 e. The quantitative estimate of drug-likeness (QED) is 0.509. The summed E-state index contributed by atoms with van der Waals surface area (Å²) >= 11 is 0. The van der Waals surface area contributed by atoms with Crippen LogP contribution in [0.3, 0.4) is 0 Å². The molecule has 7 nitrogen and oxygen atoms in total. The number of carbonyl (C=O) groups is 2. The first-order valence-corrected chi connectivity index (χ1v) is 9.67. The summed E-state index contributed by atoms with van der Waals surface area (Å²) < 4.78 is 10.7. The van der Waals surface area contributed by atoms with Gasteiger partial charge in [-0.3, -0.25) is 9.69 Å². The zero-order valence-electron chi connectivity index (χ0n) is 17.6. The van der Waals surface area contributed by atoms with E-state index in [1.54, 1.807) is 38.3 Å². The van der Waals surface area contributed by atoms with Crippen LogP contribution in [0.15, 0.2) is 61.2 Å². The average molecular weight is 409 g/mol. The number of amides is 3. The SMILES string of the molecule is C=CCOc1ccc(CN(C)CN2C(=O)N[C@](C)(c3cccc(OC)c3)C2=O)cc1. The molecule has 7 heteroatoms. The van der Waals surface area contributed by atoms with Gasteiger partial charge in [-0.25, -0.2) is 9.69 Å². The molecule has 0 unspecified atom stereocenters. The molecule has 1 N–H and O–H groups in total. The van der Waals surface area contributed by atoms with E-state index < -0.39 is 11.6 Å². The van der Waals surface area contributed by atoms with Crippen LogP contribution in [0.25, 0.3) is 0 Å². The van der Waals surface area contributed by atoms with E-state index in [9.17, 15) is 9.59 Å². The van der Waals surface area contributed by atoms with Crippen LogP contribution >= 0.6 is 0 Å². The van der Waals surface area contributed by atoms with E-state index in [4.69, 9.17) is 9.47 Å². The summed E-state index contributed by atoms with van der Waals surface area (Å²) in [7, 11) is 3.43. The largest absolute Gasteiger partial charge is 0.497 e. The molecule has 0 aromatic heterocycles. The first kappa shape index (κ1) is 21.4. The molecular weight excluding hydrogens is 382 g/mol. The fraction of sp³-hybridized carbons (Fsp3) is 0.304. The van der Waals surface area contributed by atoms with Crippen molar-refractivity contribution in [2.24, 2.45) is 0 Å². The van der Waals surface area contributed by atoms with Gasteiger partial charge in [0.2, 0.25) is 0 Å². The van der Waals surface area contributed by atoms with Crippen molar-refractivity contribution in [2.45, 2.75) is 19.0 Å². The maximum atomic E-state index is 13.1.